The monoisotopic (exact) mass is 507 g/mol. The van der Waals surface area contributed by atoms with E-state index in [-0.39, 0.29) is 34.9 Å². The molecule has 0 unspecified atom stereocenters. The molecule has 3 heterocycles. The van der Waals surface area contributed by atoms with E-state index < -0.39 is 12.9 Å². The molecule has 3 amide bonds. The first-order chi connectivity index (χ1) is 19.0. The fourth-order valence-electron chi connectivity index (χ4n) is 4.03. The Morgan fingerprint density at radius 1 is 1.14 bits per heavy atom. The predicted octanol–water partition coefficient (Wildman–Crippen LogP) is 2.18. The van der Waals surface area contributed by atoms with Crippen LogP contribution in [-0.2, 0) is 11.8 Å². The highest BCUT2D eigenvalue weighted by Gasteiger charge is 2.30. The van der Waals surface area contributed by atoms with Crippen LogP contribution < -0.4 is 20.7 Å². The normalized spacial score (nSPS) is 16.1. The third-order valence-electron chi connectivity index (χ3n) is 6.33. The molecule has 3 N–H and O–H groups in total. The van der Waals surface area contributed by atoms with E-state index in [1.807, 2.05) is 5.32 Å². The SMILES string of the molecule is [2H]C([2H])([2H])NC(=O)c1nnc(NC(=O)C2CC2)cc1Nc1cccc(-c2cc(C(=O)N3CCC3)n(C)n2)c1OC. The first-order valence-corrected chi connectivity index (χ1v) is 11.8. The van der Waals surface area contributed by atoms with Gasteiger partial charge < -0.3 is 25.6 Å². The third-order valence-corrected chi connectivity index (χ3v) is 6.33. The van der Waals surface area contributed by atoms with E-state index in [4.69, 9.17) is 8.85 Å². The van der Waals surface area contributed by atoms with Crippen LogP contribution in [0, 0.1) is 5.92 Å². The number of para-hydroxylation sites is 1. The van der Waals surface area contributed by atoms with Gasteiger partial charge in [-0.25, -0.2) is 0 Å². The molecule has 12 heteroatoms. The number of amides is 3. The highest BCUT2D eigenvalue weighted by atomic mass is 16.5. The van der Waals surface area contributed by atoms with Crippen molar-refractivity contribution >= 4 is 34.9 Å². The van der Waals surface area contributed by atoms with Gasteiger partial charge in [-0.2, -0.15) is 5.10 Å². The molecule has 1 aliphatic heterocycles. The highest BCUT2D eigenvalue weighted by molar-refractivity contribution is 6.00. The molecule has 0 bridgehead atoms. The van der Waals surface area contributed by atoms with Gasteiger partial charge in [0, 0.05) is 48.8 Å². The van der Waals surface area contributed by atoms with Gasteiger partial charge in [-0.3, -0.25) is 19.1 Å². The summed E-state index contributed by atoms with van der Waals surface area (Å²) in [7, 11) is 3.16. The number of carbonyl (C=O) groups is 3. The molecule has 0 spiro atoms. The Bertz CT molecular complexity index is 1480. The zero-order valence-corrected chi connectivity index (χ0v) is 20.4. The number of carbonyl (C=O) groups excluding carboxylic acids is 3. The number of rotatable bonds is 8. The maximum Gasteiger partial charge on any atom is 0.273 e. The molecule has 3 aromatic rings. The maximum absolute atomic E-state index is 12.8. The van der Waals surface area contributed by atoms with E-state index in [0.717, 1.165) is 19.3 Å². The topological polar surface area (TPSA) is 143 Å². The van der Waals surface area contributed by atoms with Crippen LogP contribution in [-0.4, -0.2) is 69.8 Å². The average molecular weight is 508 g/mol. The van der Waals surface area contributed by atoms with Crippen molar-refractivity contribution in [1.29, 1.82) is 0 Å². The number of benzene rings is 1. The zero-order valence-electron chi connectivity index (χ0n) is 23.4. The van der Waals surface area contributed by atoms with E-state index in [0.29, 0.717) is 41.5 Å². The number of anilines is 3. The molecular formula is C25H28N8O4. The van der Waals surface area contributed by atoms with E-state index >= 15 is 0 Å². The lowest BCUT2D eigenvalue weighted by Gasteiger charge is -2.30. The number of aromatic nitrogens is 4. The van der Waals surface area contributed by atoms with Gasteiger partial charge in [-0.15, -0.1) is 10.2 Å². The minimum Gasteiger partial charge on any atom is -0.494 e. The molecule has 12 nitrogen and oxygen atoms in total. The molecule has 2 aliphatic rings. The van der Waals surface area contributed by atoms with Crippen molar-refractivity contribution < 1.29 is 23.2 Å². The van der Waals surface area contributed by atoms with Crippen molar-refractivity contribution in [2.75, 3.05) is 37.8 Å². The van der Waals surface area contributed by atoms with Gasteiger partial charge in [0.25, 0.3) is 11.8 Å². The lowest BCUT2D eigenvalue weighted by Crippen LogP contribution is -2.42. The van der Waals surface area contributed by atoms with Gasteiger partial charge in [0.05, 0.1) is 24.2 Å². The molecule has 1 saturated carbocycles. The highest BCUT2D eigenvalue weighted by Crippen LogP contribution is 2.38. The summed E-state index contributed by atoms with van der Waals surface area (Å²) in [5.41, 5.74) is 1.70. The fraction of sp³-hybridized carbons (Fsp3) is 0.360. The summed E-state index contributed by atoms with van der Waals surface area (Å²) in [5, 5.41) is 20.0. The Balaban J connectivity index is 1.50. The third kappa shape index (κ3) is 4.82. The molecule has 2 fully saturated rings. The smallest absolute Gasteiger partial charge is 0.273 e. The number of aryl methyl sites for hydroxylation is 1. The van der Waals surface area contributed by atoms with Crippen molar-refractivity contribution in [3.05, 3.63) is 41.7 Å². The quantitative estimate of drug-likeness (QED) is 0.421. The number of nitrogens with one attached hydrogen (secondary N) is 3. The van der Waals surface area contributed by atoms with Gasteiger partial charge in [-0.05, 0) is 37.5 Å². The standard InChI is InChI=1S/C25H28N8O4/c1-26-24(35)21-18(13-20(29-30-21)28-23(34)14-8-9-14)27-16-7-4-6-15(22(16)37-3)17-12-19(32(2)31-17)25(36)33-10-5-11-33/h4,6-7,12-14H,5,8-11H2,1-3H3,(H,26,35)(H2,27,28,29,34)/i1D3. The molecule has 37 heavy (non-hydrogen) atoms. The van der Waals surface area contributed by atoms with Crippen LogP contribution in [0.5, 0.6) is 5.75 Å². The number of likely N-dealkylation sites (tertiary alicyclic amines) is 1. The number of ether oxygens (including phenoxy) is 1. The molecule has 0 radical (unpaired) electrons. The van der Waals surface area contributed by atoms with Crippen LogP contribution in [0.3, 0.4) is 0 Å². The van der Waals surface area contributed by atoms with Gasteiger partial charge in [0.2, 0.25) is 5.91 Å². The molecule has 1 aliphatic carbocycles. The Morgan fingerprint density at radius 3 is 2.62 bits per heavy atom. The Morgan fingerprint density at radius 2 is 1.95 bits per heavy atom. The van der Waals surface area contributed by atoms with Gasteiger partial charge >= 0.3 is 0 Å². The van der Waals surface area contributed by atoms with Gasteiger partial charge in [-0.1, -0.05) is 6.07 Å². The summed E-state index contributed by atoms with van der Waals surface area (Å²) >= 11 is 0. The first kappa shape index (κ1) is 20.7. The van der Waals surface area contributed by atoms with Crippen molar-refractivity contribution in [3.8, 4) is 17.0 Å². The molecule has 192 valence electrons. The van der Waals surface area contributed by atoms with Crippen LogP contribution in [0.4, 0.5) is 17.2 Å². The zero-order chi connectivity index (χ0) is 28.6. The lowest BCUT2D eigenvalue weighted by molar-refractivity contribution is -0.117. The molecule has 5 rings (SSSR count). The van der Waals surface area contributed by atoms with Crippen LogP contribution in [0.1, 0.15) is 44.4 Å². The minimum atomic E-state index is -2.75. The number of hydrogen-bond donors (Lipinski definition) is 3. The molecule has 2 aromatic heterocycles. The average Bonchev–Trinajstić information content (AvgIpc) is 3.63. The Hall–Kier alpha value is -4.48. The van der Waals surface area contributed by atoms with E-state index in [2.05, 4.69) is 25.9 Å². The van der Waals surface area contributed by atoms with Crippen LogP contribution in [0.15, 0.2) is 30.3 Å². The summed E-state index contributed by atoms with van der Waals surface area (Å²) in [6, 6.07) is 8.29. The first-order valence-electron chi connectivity index (χ1n) is 13.3. The summed E-state index contributed by atoms with van der Waals surface area (Å²) < 4.78 is 29.4. The minimum absolute atomic E-state index is 0.0907. The van der Waals surface area contributed by atoms with Crippen molar-refractivity contribution in [1.82, 2.24) is 30.2 Å². The van der Waals surface area contributed by atoms with E-state index in [1.165, 1.54) is 17.9 Å². The van der Waals surface area contributed by atoms with Crippen molar-refractivity contribution in [3.63, 3.8) is 0 Å². The van der Waals surface area contributed by atoms with Crippen LogP contribution in [0.25, 0.3) is 11.3 Å². The maximum atomic E-state index is 12.8. The predicted molar refractivity (Wildman–Crippen MR) is 136 cm³/mol. The summed E-state index contributed by atoms with van der Waals surface area (Å²) in [5.74, 6) is -0.939. The van der Waals surface area contributed by atoms with E-state index in [9.17, 15) is 14.4 Å². The number of hydrogen-bond acceptors (Lipinski definition) is 8. The summed E-state index contributed by atoms with van der Waals surface area (Å²) in [4.78, 5) is 39.6. The molecule has 1 saturated heterocycles. The number of nitrogens with zero attached hydrogens (tertiary/aromatic N) is 5. The van der Waals surface area contributed by atoms with Crippen molar-refractivity contribution in [2.24, 2.45) is 13.0 Å². The van der Waals surface area contributed by atoms with E-state index in [1.54, 1.807) is 36.2 Å². The summed E-state index contributed by atoms with van der Waals surface area (Å²) in [6.45, 7) is -1.33. The second-order valence-electron chi connectivity index (χ2n) is 8.91. The lowest BCUT2D eigenvalue weighted by atomic mass is 10.1. The molecule has 1 aromatic carbocycles. The van der Waals surface area contributed by atoms with Gasteiger partial charge in [0.1, 0.15) is 5.69 Å². The van der Waals surface area contributed by atoms with Crippen LogP contribution >= 0.6 is 0 Å². The number of methoxy groups -OCH3 is 1. The largest absolute Gasteiger partial charge is 0.494 e. The van der Waals surface area contributed by atoms with Gasteiger partial charge in [0.15, 0.2) is 17.3 Å². The van der Waals surface area contributed by atoms with Crippen molar-refractivity contribution in [2.45, 2.75) is 19.3 Å². The summed E-state index contributed by atoms with van der Waals surface area (Å²) in [6.07, 6.45) is 2.54. The molecule has 0 atom stereocenters. The Kier molecular flexibility index (Phi) is 5.52. The Labute approximate surface area is 217 Å². The fourth-order valence-corrected chi connectivity index (χ4v) is 4.03. The molecular weight excluding hydrogens is 476 g/mol. The second kappa shape index (κ2) is 9.88. The van der Waals surface area contributed by atoms with Crippen LogP contribution in [0.2, 0.25) is 0 Å². The second-order valence-corrected chi connectivity index (χ2v) is 8.91.